The van der Waals surface area contributed by atoms with Crippen molar-refractivity contribution in [3.05, 3.63) is 35.5 Å². The minimum Gasteiger partial charge on any atom is -0.497 e. The summed E-state index contributed by atoms with van der Waals surface area (Å²) in [6.07, 6.45) is 0.318. The number of benzene rings is 1. The minimum atomic E-state index is -0.548. The van der Waals surface area contributed by atoms with Crippen LogP contribution in [0.3, 0.4) is 0 Å². The van der Waals surface area contributed by atoms with Gasteiger partial charge in [0.25, 0.3) is 5.91 Å². The summed E-state index contributed by atoms with van der Waals surface area (Å²) in [5.74, 6) is 0.610. The highest BCUT2D eigenvalue weighted by Gasteiger charge is 2.16. The zero-order chi connectivity index (χ0) is 17.0. The van der Waals surface area contributed by atoms with Gasteiger partial charge in [0.05, 0.1) is 24.3 Å². The number of fused-ring (bicyclic) bond motifs is 1. The first kappa shape index (κ1) is 17.2. The third-order valence-corrected chi connectivity index (χ3v) is 4.16. The molecule has 2 N–H and O–H groups in total. The smallest absolute Gasteiger partial charge is 0.252 e. The van der Waals surface area contributed by atoms with E-state index in [0.29, 0.717) is 11.3 Å². The number of nitrogens with zero attached hydrogens (tertiary/aromatic N) is 1. The van der Waals surface area contributed by atoms with Gasteiger partial charge in [-0.2, -0.15) is 0 Å². The predicted octanol–water partition coefficient (Wildman–Crippen LogP) is 2.69. The average Bonchev–Trinajstić information content (AvgIpc) is 2.57. The summed E-state index contributed by atoms with van der Waals surface area (Å²) in [5, 5.41) is 13.6. The second-order valence-corrected chi connectivity index (χ2v) is 5.86. The van der Waals surface area contributed by atoms with Crippen molar-refractivity contribution in [3.63, 3.8) is 0 Å². The number of ether oxygens (including phenoxy) is 1. The fourth-order valence-corrected chi connectivity index (χ4v) is 2.42. The minimum absolute atomic E-state index is 0.145. The summed E-state index contributed by atoms with van der Waals surface area (Å²) in [6, 6.07) is 7.23. The van der Waals surface area contributed by atoms with Crippen LogP contribution >= 0.6 is 0 Å². The van der Waals surface area contributed by atoms with Crippen molar-refractivity contribution < 1.29 is 14.6 Å². The fourth-order valence-electron chi connectivity index (χ4n) is 2.42. The number of hydrogen-bond acceptors (Lipinski definition) is 4. The number of nitrogens with one attached hydrogen (secondary N) is 1. The monoisotopic (exact) mass is 316 g/mol. The van der Waals surface area contributed by atoms with E-state index in [-0.39, 0.29) is 18.4 Å². The van der Waals surface area contributed by atoms with E-state index < -0.39 is 6.10 Å². The summed E-state index contributed by atoms with van der Waals surface area (Å²) in [5.41, 5.74) is 2.07. The molecule has 0 saturated carbocycles. The third kappa shape index (κ3) is 3.99. The van der Waals surface area contributed by atoms with Crippen LogP contribution in [0.5, 0.6) is 5.75 Å². The van der Waals surface area contributed by atoms with Crippen LogP contribution < -0.4 is 10.1 Å². The molecule has 0 spiro atoms. The lowest BCUT2D eigenvalue weighted by molar-refractivity contribution is 0.0851. The van der Waals surface area contributed by atoms with Crippen molar-refractivity contribution in [3.8, 4) is 5.75 Å². The number of aryl methyl sites for hydroxylation is 1. The van der Waals surface area contributed by atoms with E-state index in [0.717, 1.165) is 23.0 Å². The second kappa shape index (κ2) is 7.42. The lowest BCUT2D eigenvalue weighted by Gasteiger charge is -2.18. The summed E-state index contributed by atoms with van der Waals surface area (Å²) < 4.78 is 5.23. The van der Waals surface area contributed by atoms with Gasteiger partial charge < -0.3 is 15.2 Å². The van der Waals surface area contributed by atoms with Crippen molar-refractivity contribution in [1.82, 2.24) is 10.3 Å². The van der Waals surface area contributed by atoms with Gasteiger partial charge in [0.2, 0.25) is 0 Å². The highest BCUT2D eigenvalue weighted by atomic mass is 16.5. The Morgan fingerprint density at radius 3 is 2.78 bits per heavy atom. The highest BCUT2D eigenvalue weighted by Crippen LogP contribution is 2.23. The zero-order valence-corrected chi connectivity index (χ0v) is 14.1. The van der Waals surface area contributed by atoms with Crippen molar-refractivity contribution in [2.24, 2.45) is 5.92 Å². The summed E-state index contributed by atoms with van der Waals surface area (Å²) in [7, 11) is 1.59. The molecule has 0 radical (unpaired) electrons. The van der Waals surface area contributed by atoms with Gasteiger partial charge in [-0.05, 0) is 37.1 Å². The predicted molar refractivity (Wildman–Crippen MR) is 90.8 cm³/mol. The van der Waals surface area contributed by atoms with E-state index in [1.807, 2.05) is 39.0 Å². The average molecular weight is 316 g/mol. The molecule has 0 aliphatic heterocycles. The first-order valence-corrected chi connectivity index (χ1v) is 7.88. The standard InChI is InChI=1S/C18H24N2O3/c1-5-11(2)17(21)10-19-18(22)15-8-12(3)20-16-7-6-13(23-4)9-14(15)16/h6-9,11,17,21H,5,10H2,1-4H3,(H,19,22). The summed E-state index contributed by atoms with van der Waals surface area (Å²) in [4.78, 5) is 17.0. The van der Waals surface area contributed by atoms with Crippen LogP contribution in [0, 0.1) is 12.8 Å². The Bertz CT molecular complexity index is 700. The topological polar surface area (TPSA) is 71.5 Å². The number of pyridine rings is 1. The maximum atomic E-state index is 12.5. The van der Waals surface area contributed by atoms with E-state index in [2.05, 4.69) is 10.3 Å². The molecule has 1 amide bonds. The van der Waals surface area contributed by atoms with Crippen LogP contribution in [0.25, 0.3) is 10.9 Å². The third-order valence-electron chi connectivity index (χ3n) is 4.16. The Morgan fingerprint density at radius 1 is 1.39 bits per heavy atom. The Labute approximate surface area is 136 Å². The highest BCUT2D eigenvalue weighted by molar-refractivity contribution is 6.06. The van der Waals surface area contributed by atoms with Gasteiger partial charge in [-0.25, -0.2) is 0 Å². The second-order valence-electron chi connectivity index (χ2n) is 5.86. The molecule has 5 heteroatoms. The zero-order valence-electron chi connectivity index (χ0n) is 14.1. The lowest BCUT2D eigenvalue weighted by atomic mass is 10.0. The number of aliphatic hydroxyl groups is 1. The molecule has 0 aliphatic rings. The number of aromatic nitrogens is 1. The molecular formula is C18H24N2O3. The Morgan fingerprint density at radius 2 is 2.13 bits per heavy atom. The maximum absolute atomic E-state index is 12.5. The Hall–Kier alpha value is -2.14. The van der Waals surface area contributed by atoms with Gasteiger partial charge in [0.15, 0.2) is 0 Å². The van der Waals surface area contributed by atoms with Crippen LogP contribution in [0.15, 0.2) is 24.3 Å². The number of methoxy groups -OCH3 is 1. The molecule has 2 rings (SSSR count). The molecule has 0 bridgehead atoms. The first-order valence-electron chi connectivity index (χ1n) is 7.88. The first-order chi connectivity index (χ1) is 11.0. The number of aliphatic hydroxyl groups excluding tert-OH is 1. The normalized spacial score (nSPS) is 13.6. The Kier molecular flexibility index (Phi) is 5.55. The molecule has 0 saturated heterocycles. The van der Waals surface area contributed by atoms with E-state index in [1.54, 1.807) is 13.2 Å². The van der Waals surface area contributed by atoms with Crippen LogP contribution in [-0.2, 0) is 0 Å². The van der Waals surface area contributed by atoms with E-state index in [9.17, 15) is 9.90 Å². The summed E-state index contributed by atoms with van der Waals surface area (Å²) >= 11 is 0. The number of amides is 1. The summed E-state index contributed by atoms with van der Waals surface area (Å²) in [6.45, 7) is 6.07. The molecule has 124 valence electrons. The van der Waals surface area contributed by atoms with Gasteiger partial charge in [-0.15, -0.1) is 0 Å². The number of carbonyl (C=O) groups excluding carboxylic acids is 1. The number of rotatable bonds is 6. The molecule has 2 unspecified atom stereocenters. The largest absolute Gasteiger partial charge is 0.497 e. The molecule has 1 heterocycles. The number of hydrogen-bond donors (Lipinski definition) is 2. The van der Waals surface area contributed by atoms with Crippen LogP contribution in [0.1, 0.15) is 36.3 Å². The van der Waals surface area contributed by atoms with E-state index >= 15 is 0 Å². The molecule has 0 aliphatic carbocycles. The maximum Gasteiger partial charge on any atom is 0.252 e. The molecule has 23 heavy (non-hydrogen) atoms. The van der Waals surface area contributed by atoms with Crippen molar-refractivity contribution in [1.29, 1.82) is 0 Å². The SMILES string of the molecule is CCC(C)C(O)CNC(=O)c1cc(C)nc2ccc(OC)cc12. The van der Waals surface area contributed by atoms with Gasteiger partial charge in [-0.1, -0.05) is 20.3 Å². The quantitative estimate of drug-likeness (QED) is 0.859. The van der Waals surface area contributed by atoms with Gasteiger partial charge in [0, 0.05) is 17.6 Å². The van der Waals surface area contributed by atoms with Crippen molar-refractivity contribution >= 4 is 16.8 Å². The van der Waals surface area contributed by atoms with E-state index in [1.165, 1.54) is 0 Å². The molecule has 0 fully saturated rings. The van der Waals surface area contributed by atoms with E-state index in [4.69, 9.17) is 4.74 Å². The lowest BCUT2D eigenvalue weighted by Crippen LogP contribution is -2.35. The number of carbonyl (C=O) groups is 1. The molecule has 2 aromatic rings. The van der Waals surface area contributed by atoms with Gasteiger partial charge in [0.1, 0.15) is 5.75 Å². The van der Waals surface area contributed by atoms with Crippen LogP contribution in [-0.4, -0.2) is 35.8 Å². The molecule has 2 atom stereocenters. The van der Waals surface area contributed by atoms with Crippen molar-refractivity contribution in [2.75, 3.05) is 13.7 Å². The van der Waals surface area contributed by atoms with Gasteiger partial charge in [-0.3, -0.25) is 9.78 Å². The molecule has 1 aromatic carbocycles. The Balaban J connectivity index is 2.28. The fraction of sp³-hybridized carbons (Fsp3) is 0.444. The van der Waals surface area contributed by atoms with Crippen LogP contribution in [0.4, 0.5) is 0 Å². The van der Waals surface area contributed by atoms with Gasteiger partial charge >= 0.3 is 0 Å². The molecule has 1 aromatic heterocycles. The molecular weight excluding hydrogens is 292 g/mol. The van der Waals surface area contributed by atoms with Crippen molar-refractivity contribution in [2.45, 2.75) is 33.3 Å². The molecule has 5 nitrogen and oxygen atoms in total. The van der Waals surface area contributed by atoms with Crippen LogP contribution in [0.2, 0.25) is 0 Å².